The summed E-state index contributed by atoms with van der Waals surface area (Å²) < 4.78 is 26.4. The van der Waals surface area contributed by atoms with Crippen molar-refractivity contribution in [2.45, 2.75) is 13.0 Å². The zero-order chi connectivity index (χ0) is 13.2. The number of hydrogen-bond acceptors (Lipinski definition) is 2. The summed E-state index contributed by atoms with van der Waals surface area (Å²) in [6, 6.07) is 2.55. The lowest BCUT2D eigenvalue weighted by atomic mass is 9.93. The normalized spacial score (nSPS) is 14.7. The zero-order valence-electron chi connectivity index (χ0n) is 9.95. The molecule has 0 heterocycles. The number of aliphatic carboxylic acids is 1. The van der Waals surface area contributed by atoms with Gasteiger partial charge in [-0.2, -0.15) is 0 Å². The van der Waals surface area contributed by atoms with E-state index in [1.54, 1.807) is 19.0 Å². The molecule has 2 atom stereocenters. The van der Waals surface area contributed by atoms with E-state index < -0.39 is 29.6 Å². The molecule has 1 aromatic rings. The van der Waals surface area contributed by atoms with E-state index in [1.165, 1.54) is 13.0 Å². The molecule has 0 spiro atoms. The van der Waals surface area contributed by atoms with Crippen molar-refractivity contribution in [1.29, 1.82) is 0 Å². The molecule has 17 heavy (non-hydrogen) atoms. The average Bonchev–Trinajstić information content (AvgIpc) is 2.20. The molecule has 0 saturated carbocycles. The maximum atomic E-state index is 13.6. The molecule has 1 N–H and O–H groups in total. The van der Waals surface area contributed by atoms with E-state index in [0.717, 1.165) is 12.1 Å². The number of benzene rings is 1. The molecule has 1 rings (SSSR count). The number of hydrogen-bond donors (Lipinski definition) is 1. The first-order valence-electron chi connectivity index (χ1n) is 5.18. The molecular formula is C12H15F2NO2. The van der Waals surface area contributed by atoms with Gasteiger partial charge in [0.05, 0.1) is 12.0 Å². The molecule has 0 aromatic heterocycles. The maximum Gasteiger partial charge on any atom is 0.308 e. The lowest BCUT2D eigenvalue weighted by Gasteiger charge is -2.28. The fourth-order valence-electron chi connectivity index (χ4n) is 1.87. The average molecular weight is 243 g/mol. The summed E-state index contributed by atoms with van der Waals surface area (Å²) in [5, 5.41) is 8.98. The quantitative estimate of drug-likeness (QED) is 0.882. The largest absolute Gasteiger partial charge is 0.481 e. The number of nitrogens with zero attached hydrogens (tertiary/aromatic N) is 1. The lowest BCUT2D eigenvalue weighted by molar-refractivity contribution is -0.143. The van der Waals surface area contributed by atoms with E-state index in [0.29, 0.717) is 0 Å². The highest BCUT2D eigenvalue weighted by Crippen LogP contribution is 2.29. The Morgan fingerprint density at radius 2 is 1.94 bits per heavy atom. The fraction of sp³-hybridized carbons (Fsp3) is 0.417. The van der Waals surface area contributed by atoms with Crippen LogP contribution in [0.5, 0.6) is 0 Å². The molecule has 0 radical (unpaired) electrons. The first-order chi connectivity index (χ1) is 7.84. The van der Waals surface area contributed by atoms with E-state index in [-0.39, 0.29) is 5.56 Å². The van der Waals surface area contributed by atoms with Crippen LogP contribution in [0.3, 0.4) is 0 Å². The Bertz CT molecular complexity index is 421. The van der Waals surface area contributed by atoms with Crippen LogP contribution in [-0.4, -0.2) is 30.1 Å². The number of halogens is 2. The van der Waals surface area contributed by atoms with Gasteiger partial charge in [0, 0.05) is 11.6 Å². The summed E-state index contributed by atoms with van der Waals surface area (Å²) in [6.07, 6.45) is 0. The highest BCUT2D eigenvalue weighted by atomic mass is 19.1. The summed E-state index contributed by atoms with van der Waals surface area (Å²) in [6.45, 7) is 1.50. The standard InChI is InChI=1S/C12H15F2NO2/c1-7(12(16)17)11(15(2)3)9-5-4-8(13)6-10(9)14/h4-7,11H,1-3H3,(H,16,17). The van der Waals surface area contributed by atoms with Gasteiger partial charge in [-0.3, -0.25) is 4.79 Å². The van der Waals surface area contributed by atoms with Crippen molar-refractivity contribution in [2.24, 2.45) is 5.92 Å². The van der Waals surface area contributed by atoms with Crippen molar-refractivity contribution >= 4 is 5.97 Å². The van der Waals surface area contributed by atoms with Crippen LogP contribution < -0.4 is 0 Å². The molecule has 0 saturated heterocycles. The minimum atomic E-state index is -1.02. The number of carbonyl (C=O) groups is 1. The smallest absolute Gasteiger partial charge is 0.308 e. The number of rotatable bonds is 4. The second-order valence-corrected chi connectivity index (χ2v) is 4.20. The van der Waals surface area contributed by atoms with E-state index in [2.05, 4.69) is 0 Å². The van der Waals surface area contributed by atoms with Gasteiger partial charge in [-0.15, -0.1) is 0 Å². The molecule has 0 aliphatic rings. The van der Waals surface area contributed by atoms with Crippen LogP contribution in [0, 0.1) is 17.6 Å². The Labute approximate surface area is 98.7 Å². The molecule has 0 bridgehead atoms. The van der Waals surface area contributed by atoms with Crippen LogP contribution in [0.2, 0.25) is 0 Å². The van der Waals surface area contributed by atoms with Gasteiger partial charge in [0.25, 0.3) is 0 Å². The first-order valence-corrected chi connectivity index (χ1v) is 5.18. The van der Waals surface area contributed by atoms with Crippen LogP contribution in [0.15, 0.2) is 18.2 Å². The van der Waals surface area contributed by atoms with Crippen LogP contribution >= 0.6 is 0 Å². The predicted octanol–water partition coefficient (Wildman–Crippen LogP) is 2.29. The Balaban J connectivity index is 3.19. The molecule has 5 heteroatoms. The van der Waals surface area contributed by atoms with Gasteiger partial charge in [-0.1, -0.05) is 13.0 Å². The van der Waals surface area contributed by atoms with E-state index in [4.69, 9.17) is 5.11 Å². The maximum absolute atomic E-state index is 13.6. The van der Waals surface area contributed by atoms with Gasteiger partial charge in [0.2, 0.25) is 0 Å². The molecule has 0 aliphatic heterocycles. The second kappa shape index (κ2) is 5.23. The third-order valence-electron chi connectivity index (χ3n) is 2.70. The summed E-state index contributed by atoms with van der Waals surface area (Å²) in [7, 11) is 3.32. The molecule has 94 valence electrons. The molecule has 0 fully saturated rings. The van der Waals surface area contributed by atoms with Gasteiger partial charge in [0.15, 0.2) is 0 Å². The fourth-order valence-corrected chi connectivity index (χ4v) is 1.87. The summed E-state index contributed by atoms with van der Waals surface area (Å²) in [5.74, 6) is -3.21. The van der Waals surface area contributed by atoms with Crippen molar-refractivity contribution in [3.63, 3.8) is 0 Å². The SMILES string of the molecule is CC(C(=O)O)C(c1ccc(F)cc1F)N(C)C. The third kappa shape index (κ3) is 3.00. The number of carboxylic acids is 1. The molecular weight excluding hydrogens is 228 g/mol. The van der Waals surface area contributed by atoms with Gasteiger partial charge >= 0.3 is 5.97 Å². The van der Waals surface area contributed by atoms with Gasteiger partial charge in [0.1, 0.15) is 11.6 Å². The van der Waals surface area contributed by atoms with Crippen molar-refractivity contribution in [3.05, 3.63) is 35.4 Å². The Morgan fingerprint density at radius 3 is 2.35 bits per heavy atom. The monoisotopic (exact) mass is 243 g/mol. The Hall–Kier alpha value is -1.49. The second-order valence-electron chi connectivity index (χ2n) is 4.20. The van der Waals surface area contributed by atoms with Gasteiger partial charge < -0.3 is 10.0 Å². The molecule has 2 unspecified atom stereocenters. The summed E-state index contributed by atoms with van der Waals surface area (Å²) in [4.78, 5) is 12.6. The van der Waals surface area contributed by atoms with Crippen LogP contribution in [0.4, 0.5) is 8.78 Å². The molecule has 0 aliphatic carbocycles. The first kappa shape index (κ1) is 13.6. The number of carboxylic acid groups (broad SMARTS) is 1. The van der Waals surface area contributed by atoms with Gasteiger partial charge in [-0.05, 0) is 20.2 Å². The van der Waals surface area contributed by atoms with Crippen LogP contribution in [0.1, 0.15) is 18.5 Å². The van der Waals surface area contributed by atoms with Crippen molar-refractivity contribution in [3.8, 4) is 0 Å². The predicted molar refractivity (Wildman–Crippen MR) is 59.6 cm³/mol. The summed E-state index contributed by atoms with van der Waals surface area (Å²) >= 11 is 0. The Morgan fingerprint density at radius 1 is 1.35 bits per heavy atom. The Kier molecular flexibility index (Phi) is 4.17. The van der Waals surface area contributed by atoms with Gasteiger partial charge in [-0.25, -0.2) is 8.78 Å². The van der Waals surface area contributed by atoms with E-state index in [1.807, 2.05) is 0 Å². The molecule has 0 amide bonds. The van der Waals surface area contributed by atoms with Crippen LogP contribution in [-0.2, 0) is 4.79 Å². The van der Waals surface area contributed by atoms with Crippen molar-refractivity contribution in [2.75, 3.05) is 14.1 Å². The minimum Gasteiger partial charge on any atom is -0.481 e. The highest BCUT2D eigenvalue weighted by molar-refractivity contribution is 5.70. The topological polar surface area (TPSA) is 40.5 Å². The van der Waals surface area contributed by atoms with Crippen molar-refractivity contribution in [1.82, 2.24) is 4.90 Å². The lowest BCUT2D eigenvalue weighted by Crippen LogP contribution is -2.31. The zero-order valence-corrected chi connectivity index (χ0v) is 9.95. The molecule has 3 nitrogen and oxygen atoms in total. The van der Waals surface area contributed by atoms with E-state index >= 15 is 0 Å². The van der Waals surface area contributed by atoms with E-state index in [9.17, 15) is 13.6 Å². The minimum absolute atomic E-state index is 0.186. The summed E-state index contributed by atoms with van der Waals surface area (Å²) in [5.41, 5.74) is 0.186. The van der Waals surface area contributed by atoms with Crippen LogP contribution in [0.25, 0.3) is 0 Å². The van der Waals surface area contributed by atoms with Crippen molar-refractivity contribution < 1.29 is 18.7 Å². The molecule has 1 aromatic carbocycles. The third-order valence-corrected chi connectivity index (χ3v) is 2.70. The highest BCUT2D eigenvalue weighted by Gasteiger charge is 2.29.